The topological polar surface area (TPSA) is 184 Å². The number of aliphatic hydroxyl groups excluding tert-OH is 4. The Morgan fingerprint density at radius 3 is 1.92 bits per heavy atom. The molecule has 2 amide bonds. The van der Waals surface area contributed by atoms with Crippen LogP contribution in [0.4, 0.5) is 10.1 Å². The molecule has 0 bridgehead atoms. The fraction of sp³-hybridized carbons (Fsp3) is 0.375. The van der Waals surface area contributed by atoms with Crippen molar-refractivity contribution in [3.8, 4) is 22.4 Å². The van der Waals surface area contributed by atoms with Crippen molar-refractivity contribution in [1.29, 1.82) is 0 Å². The van der Waals surface area contributed by atoms with Crippen LogP contribution in [0.25, 0.3) is 22.4 Å². The van der Waals surface area contributed by atoms with Crippen LogP contribution in [0, 0.1) is 5.82 Å². The zero-order chi connectivity index (χ0) is 37.8. The number of nitrogens with zero attached hydrogens (tertiary/aromatic N) is 1. The van der Waals surface area contributed by atoms with E-state index in [9.17, 15) is 39.2 Å². The van der Waals surface area contributed by atoms with Gasteiger partial charge in [0, 0.05) is 41.2 Å². The Bertz CT molecular complexity index is 1760. The van der Waals surface area contributed by atoms with E-state index < -0.39 is 42.1 Å². The van der Waals surface area contributed by atoms with Crippen molar-refractivity contribution in [2.24, 2.45) is 0 Å². The summed E-state index contributed by atoms with van der Waals surface area (Å²) in [7, 11) is 0. The first-order valence-electron chi connectivity index (χ1n) is 17.5. The molecule has 1 heterocycles. The molecule has 278 valence electrons. The highest BCUT2D eigenvalue weighted by atomic mass is 19.1. The number of anilines is 1. The van der Waals surface area contributed by atoms with E-state index >= 15 is 0 Å². The zero-order valence-corrected chi connectivity index (χ0v) is 29.5. The summed E-state index contributed by atoms with van der Waals surface area (Å²) in [5, 5.41) is 54.0. The number of aliphatic hydroxyl groups is 4. The number of hydrogen-bond acceptors (Lipinski definition) is 7. The maximum Gasteiger partial charge on any atom is 0.518 e. The average molecular weight is 719 g/mol. The molecule has 0 spiro atoms. The number of carbonyl (C=O) groups is 3. The zero-order valence-electron chi connectivity index (χ0n) is 29.5. The Balaban J connectivity index is 1.55. The summed E-state index contributed by atoms with van der Waals surface area (Å²) < 4.78 is 16.2. The van der Waals surface area contributed by atoms with Crippen LogP contribution >= 0.6 is 0 Å². The number of benzene rings is 3. The molecule has 8 N–H and O–H groups in total. The molecule has 12 heteroatoms. The fourth-order valence-electron chi connectivity index (χ4n) is 6.40. The Hall–Kier alpha value is -4.88. The van der Waals surface area contributed by atoms with E-state index in [4.69, 9.17) is 5.11 Å². The minimum Gasteiger partial charge on any atom is -0.565 e. The van der Waals surface area contributed by atoms with Gasteiger partial charge in [0.2, 0.25) is 5.91 Å². The Morgan fingerprint density at radius 2 is 1.33 bits per heavy atom. The second kappa shape index (κ2) is 19.1. The summed E-state index contributed by atoms with van der Waals surface area (Å²) in [6, 6.07) is 24.7. The van der Waals surface area contributed by atoms with Crippen molar-refractivity contribution < 1.29 is 44.3 Å². The predicted octanol–water partition coefficient (Wildman–Crippen LogP) is 4.49. The third-order valence-electron chi connectivity index (χ3n) is 8.71. The molecular formula is C40H49FN3O8+. The summed E-state index contributed by atoms with van der Waals surface area (Å²) in [4.78, 5) is 37.5. The molecule has 0 radical (unpaired) electrons. The van der Waals surface area contributed by atoms with Gasteiger partial charge in [-0.3, -0.25) is 9.59 Å². The number of aromatic nitrogens is 1. The van der Waals surface area contributed by atoms with Crippen LogP contribution in [0.1, 0.15) is 74.3 Å². The second-order valence-corrected chi connectivity index (χ2v) is 13.3. The van der Waals surface area contributed by atoms with Gasteiger partial charge in [-0.25, -0.2) is 4.39 Å². The first-order valence-corrected chi connectivity index (χ1v) is 17.5. The van der Waals surface area contributed by atoms with E-state index in [0.717, 1.165) is 11.3 Å². The van der Waals surface area contributed by atoms with E-state index in [-0.39, 0.29) is 63.4 Å². The summed E-state index contributed by atoms with van der Waals surface area (Å²) in [5.41, 5.74) is 4.62. The third kappa shape index (κ3) is 11.3. The molecule has 4 atom stereocenters. The van der Waals surface area contributed by atoms with Crippen molar-refractivity contribution in [3.63, 3.8) is 0 Å². The summed E-state index contributed by atoms with van der Waals surface area (Å²) >= 11 is 0. The Kier molecular flexibility index (Phi) is 14.7. The second-order valence-electron chi connectivity index (χ2n) is 13.3. The number of para-hydroxylation sites is 1. The quantitative estimate of drug-likeness (QED) is 0.0772. The van der Waals surface area contributed by atoms with Gasteiger partial charge in [0.1, 0.15) is 12.2 Å². The monoisotopic (exact) mass is 718 g/mol. The van der Waals surface area contributed by atoms with Crippen LogP contribution in [0.5, 0.6) is 0 Å². The van der Waals surface area contributed by atoms with Gasteiger partial charge in [0.15, 0.2) is 0 Å². The third-order valence-corrected chi connectivity index (χ3v) is 8.71. The molecule has 4 rings (SSSR count). The number of carbonyl (C=O) groups excluding carboxylic acids is 3. The standard InChI is InChI=1S/C40H48FN3O8/c1-25(2)38-37(40(52)43-29-11-7-4-8-12-29)36(26-9-5-3-6-10-26)39(27-13-15-28(41)16-14-27)44(38)20-18-31(46)22-32(47)23-34(49)42-19-17-30(45)21-33(48)24-35(50)51/h3-16,25,30-33,45-48H,17-24H2,1-2H3,(H,42,49)(H,43,52)(H,50,51)/p+1/t30-,31?,32?,33?/m1/s1. The smallest absolute Gasteiger partial charge is 0.518 e. The summed E-state index contributed by atoms with van der Waals surface area (Å²) in [6.07, 6.45) is -4.90. The molecule has 0 aliphatic heterocycles. The van der Waals surface area contributed by atoms with Crippen LogP contribution in [-0.2, 0) is 16.1 Å². The largest absolute Gasteiger partial charge is 0.565 e. The molecular weight excluding hydrogens is 669 g/mol. The maximum absolute atomic E-state index is 14.2. The van der Waals surface area contributed by atoms with Crippen LogP contribution < -0.4 is 10.6 Å². The van der Waals surface area contributed by atoms with Crippen molar-refractivity contribution in [1.82, 2.24) is 9.88 Å². The van der Waals surface area contributed by atoms with E-state index in [1.54, 1.807) is 24.3 Å². The van der Waals surface area contributed by atoms with Gasteiger partial charge < -0.3 is 40.7 Å². The Morgan fingerprint density at radius 1 is 0.750 bits per heavy atom. The Labute approximate surface area is 302 Å². The number of halogens is 1. The molecule has 11 nitrogen and oxygen atoms in total. The average Bonchev–Trinajstić information content (AvgIpc) is 3.43. The van der Waals surface area contributed by atoms with Crippen LogP contribution in [0.2, 0.25) is 0 Å². The molecule has 4 aromatic rings. The first-order chi connectivity index (χ1) is 24.8. The van der Waals surface area contributed by atoms with Crippen molar-refractivity contribution in [2.75, 3.05) is 11.9 Å². The lowest BCUT2D eigenvalue weighted by atomic mass is 9.94. The lowest BCUT2D eigenvalue weighted by Crippen LogP contribution is -2.32. The molecule has 0 aliphatic rings. The van der Waals surface area contributed by atoms with Crippen molar-refractivity contribution >= 4 is 23.5 Å². The van der Waals surface area contributed by atoms with Crippen LogP contribution in [0.3, 0.4) is 0 Å². The molecule has 0 saturated heterocycles. The SMILES string of the molecule is CC(C)c1c(C(=O)Nc2ccccc2)c(-c2ccccc2)c(-c2ccc(F)cc2)n1CCC(O)CC(O)CC(=O)NCC[C@@H](O)CC(O)CC(=O)[OH2+]. The highest BCUT2D eigenvalue weighted by Gasteiger charge is 2.31. The predicted molar refractivity (Wildman–Crippen MR) is 197 cm³/mol. The molecule has 52 heavy (non-hydrogen) atoms. The highest BCUT2D eigenvalue weighted by molar-refractivity contribution is 6.12. The molecule has 3 unspecified atom stereocenters. The summed E-state index contributed by atoms with van der Waals surface area (Å²) in [6.45, 7) is 4.27. The van der Waals surface area contributed by atoms with E-state index in [2.05, 4.69) is 10.6 Å². The van der Waals surface area contributed by atoms with Gasteiger partial charge in [0.25, 0.3) is 5.91 Å². The van der Waals surface area contributed by atoms with Crippen molar-refractivity contribution in [2.45, 2.75) is 89.3 Å². The van der Waals surface area contributed by atoms with E-state index in [0.29, 0.717) is 28.1 Å². The number of amides is 2. The lowest BCUT2D eigenvalue weighted by molar-refractivity contribution is -0.139. The molecule has 1 aromatic heterocycles. The normalized spacial score (nSPS) is 13.7. The van der Waals surface area contributed by atoms with Gasteiger partial charge in [0.05, 0.1) is 42.1 Å². The maximum atomic E-state index is 14.2. The van der Waals surface area contributed by atoms with Crippen LogP contribution in [-0.4, -0.2) is 78.8 Å². The van der Waals surface area contributed by atoms with Gasteiger partial charge >= 0.3 is 5.97 Å². The first kappa shape index (κ1) is 39.9. The molecule has 0 fully saturated rings. The molecule has 3 aromatic carbocycles. The van der Waals surface area contributed by atoms with Gasteiger partial charge in [-0.2, -0.15) is 0 Å². The lowest BCUT2D eigenvalue weighted by Gasteiger charge is -2.20. The van der Waals surface area contributed by atoms with Gasteiger partial charge in [-0.05, 0) is 72.7 Å². The van der Waals surface area contributed by atoms with Gasteiger partial charge in [-0.15, -0.1) is 0 Å². The van der Waals surface area contributed by atoms with Gasteiger partial charge in [-0.1, -0.05) is 62.4 Å². The molecule has 0 saturated carbocycles. The molecule has 0 aliphatic carbocycles. The number of hydrogen-bond donors (Lipinski definition) is 6. The minimum absolute atomic E-state index is 0.0680. The van der Waals surface area contributed by atoms with Crippen LogP contribution in [0.15, 0.2) is 84.9 Å². The van der Waals surface area contributed by atoms with E-state index in [1.165, 1.54) is 12.1 Å². The van der Waals surface area contributed by atoms with Crippen molar-refractivity contribution in [3.05, 3.63) is 102 Å². The highest BCUT2D eigenvalue weighted by Crippen LogP contribution is 2.42. The minimum atomic E-state index is -1.16. The van der Waals surface area contributed by atoms with E-state index in [1.807, 2.05) is 66.9 Å². The summed E-state index contributed by atoms with van der Waals surface area (Å²) in [5.74, 6) is -2.29. The fourth-order valence-corrected chi connectivity index (χ4v) is 6.40. The number of nitrogens with one attached hydrogen (secondary N) is 2. The number of rotatable bonds is 19.